The van der Waals surface area contributed by atoms with Crippen molar-refractivity contribution in [2.24, 2.45) is 0 Å². The number of halogens is 4. The molecule has 1 aliphatic rings. The molecule has 3 rings (SSSR count). The lowest BCUT2D eigenvalue weighted by atomic mass is 9.83. The van der Waals surface area contributed by atoms with Gasteiger partial charge in [0, 0.05) is 11.5 Å². The predicted molar refractivity (Wildman–Crippen MR) is 99.9 cm³/mol. The largest absolute Gasteiger partial charge is 0.409 e. The van der Waals surface area contributed by atoms with Crippen molar-refractivity contribution in [3.63, 3.8) is 0 Å². The number of nitrogens with zero attached hydrogens (tertiary/aromatic N) is 1. The van der Waals surface area contributed by atoms with Crippen molar-refractivity contribution in [1.29, 1.82) is 0 Å². The van der Waals surface area contributed by atoms with Crippen molar-refractivity contribution >= 4 is 18.1 Å². The maximum Gasteiger partial charge on any atom is 0.409 e. The quantitative estimate of drug-likeness (QED) is 0.805. The summed E-state index contributed by atoms with van der Waals surface area (Å²) in [5, 5.41) is 5.70. The molecule has 2 aromatic rings. The highest BCUT2D eigenvalue weighted by atomic mass is 35.5. The Morgan fingerprint density at radius 1 is 1.15 bits per heavy atom. The first kappa shape index (κ1) is 20.5. The number of benzene rings is 1. The minimum Gasteiger partial charge on any atom is -0.380 e. The SMILES string of the molecule is CNC(c1ccc(NC2Cc3ccccc3C2(C)C)cn1)C(F)(F)F.Cl. The molecular weight excluding hydrogens is 363 g/mol. The Morgan fingerprint density at radius 3 is 2.38 bits per heavy atom. The number of hydrogen-bond acceptors (Lipinski definition) is 3. The smallest absolute Gasteiger partial charge is 0.380 e. The molecule has 0 bridgehead atoms. The number of fused-ring (bicyclic) bond motifs is 1. The number of pyridine rings is 1. The zero-order valence-corrected chi connectivity index (χ0v) is 15.7. The Labute approximate surface area is 157 Å². The van der Waals surface area contributed by atoms with Crippen molar-refractivity contribution in [2.75, 3.05) is 12.4 Å². The van der Waals surface area contributed by atoms with Gasteiger partial charge in [0.1, 0.15) is 6.04 Å². The molecule has 0 saturated carbocycles. The van der Waals surface area contributed by atoms with E-state index < -0.39 is 12.2 Å². The van der Waals surface area contributed by atoms with Crippen LogP contribution in [0.25, 0.3) is 0 Å². The van der Waals surface area contributed by atoms with E-state index in [1.165, 1.54) is 30.4 Å². The van der Waals surface area contributed by atoms with Gasteiger partial charge in [-0.15, -0.1) is 12.4 Å². The second-order valence-corrected chi connectivity index (χ2v) is 7.01. The molecule has 0 spiro atoms. The van der Waals surface area contributed by atoms with Gasteiger partial charge in [-0.25, -0.2) is 0 Å². The summed E-state index contributed by atoms with van der Waals surface area (Å²) >= 11 is 0. The molecule has 1 aliphatic carbocycles. The zero-order chi connectivity index (χ0) is 18.2. The lowest BCUT2D eigenvalue weighted by Crippen LogP contribution is -2.36. The highest BCUT2D eigenvalue weighted by molar-refractivity contribution is 5.85. The highest BCUT2D eigenvalue weighted by Crippen LogP contribution is 2.40. The van der Waals surface area contributed by atoms with Crippen molar-refractivity contribution in [3.05, 3.63) is 59.4 Å². The Kier molecular flexibility index (Phi) is 5.88. The summed E-state index contributed by atoms with van der Waals surface area (Å²) in [6.45, 7) is 4.36. The summed E-state index contributed by atoms with van der Waals surface area (Å²) < 4.78 is 38.9. The molecule has 0 amide bonds. The van der Waals surface area contributed by atoms with E-state index in [9.17, 15) is 13.2 Å². The normalized spacial score (nSPS) is 19.4. The van der Waals surface area contributed by atoms with Gasteiger partial charge >= 0.3 is 6.18 Å². The van der Waals surface area contributed by atoms with Crippen molar-refractivity contribution in [2.45, 2.75) is 43.9 Å². The Morgan fingerprint density at radius 2 is 1.85 bits per heavy atom. The number of hydrogen-bond donors (Lipinski definition) is 2. The fourth-order valence-corrected chi connectivity index (χ4v) is 3.56. The number of rotatable bonds is 4. The molecule has 0 radical (unpaired) electrons. The number of aromatic nitrogens is 1. The molecule has 1 aromatic carbocycles. The van der Waals surface area contributed by atoms with Crippen LogP contribution in [0.2, 0.25) is 0 Å². The summed E-state index contributed by atoms with van der Waals surface area (Å²) in [7, 11) is 1.28. The van der Waals surface area contributed by atoms with E-state index in [1.807, 2.05) is 12.1 Å². The average molecular weight is 386 g/mol. The molecular formula is C19H23ClF3N3. The second kappa shape index (κ2) is 7.45. The van der Waals surface area contributed by atoms with Crippen LogP contribution in [-0.4, -0.2) is 24.2 Å². The van der Waals surface area contributed by atoms with Gasteiger partial charge in [-0.1, -0.05) is 38.1 Å². The number of alkyl halides is 3. The molecule has 7 heteroatoms. The summed E-state index contributed by atoms with van der Waals surface area (Å²) in [6, 6.07) is 9.83. The first-order valence-corrected chi connectivity index (χ1v) is 8.28. The molecule has 0 aliphatic heterocycles. The molecule has 1 heterocycles. The molecule has 142 valence electrons. The van der Waals surface area contributed by atoms with E-state index in [-0.39, 0.29) is 29.6 Å². The number of anilines is 1. The van der Waals surface area contributed by atoms with Gasteiger partial charge in [0.15, 0.2) is 0 Å². The van der Waals surface area contributed by atoms with Crippen LogP contribution in [0, 0.1) is 0 Å². The van der Waals surface area contributed by atoms with E-state index in [2.05, 4.69) is 41.6 Å². The Bertz CT molecular complexity index is 744. The van der Waals surface area contributed by atoms with Crippen molar-refractivity contribution in [1.82, 2.24) is 10.3 Å². The third kappa shape index (κ3) is 3.81. The number of nitrogens with one attached hydrogen (secondary N) is 2. The van der Waals surface area contributed by atoms with Gasteiger partial charge in [0.25, 0.3) is 0 Å². The summed E-state index contributed by atoms with van der Waals surface area (Å²) in [5.41, 5.74) is 3.25. The Balaban J connectivity index is 0.00000243. The monoisotopic (exact) mass is 385 g/mol. The minimum atomic E-state index is -4.37. The molecule has 0 fully saturated rings. The van der Waals surface area contributed by atoms with Crippen LogP contribution >= 0.6 is 12.4 Å². The van der Waals surface area contributed by atoms with E-state index in [0.29, 0.717) is 0 Å². The first-order chi connectivity index (χ1) is 11.7. The van der Waals surface area contributed by atoms with Crippen molar-refractivity contribution < 1.29 is 13.2 Å². The van der Waals surface area contributed by atoms with Gasteiger partial charge < -0.3 is 10.6 Å². The van der Waals surface area contributed by atoms with Gasteiger partial charge in [-0.2, -0.15) is 13.2 Å². The molecule has 2 N–H and O–H groups in total. The van der Waals surface area contributed by atoms with Gasteiger partial charge in [0.2, 0.25) is 0 Å². The summed E-state index contributed by atoms with van der Waals surface area (Å²) in [4.78, 5) is 4.01. The zero-order valence-electron chi connectivity index (χ0n) is 14.9. The molecule has 2 atom stereocenters. The maximum absolute atomic E-state index is 13.0. The van der Waals surface area contributed by atoms with Crippen LogP contribution in [0.15, 0.2) is 42.6 Å². The van der Waals surface area contributed by atoms with Crippen LogP contribution in [0.1, 0.15) is 36.7 Å². The van der Waals surface area contributed by atoms with Crippen LogP contribution < -0.4 is 10.6 Å². The predicted octanol–water partition coefficient (Wildman–Crippen LogP) is 4.64. The van der Waals surface area contributed by atoms with Crippen molar-refractivity contribution in [3.8, 4) is 0 Å². The van der Waals surface area contributed by atoms with Crippen LogP contribution in [-0.2, 0) is 11.8 Å². The Hall–Kier alpha value is -1.79. The standard InChI is InChI=1S/C19H22F3N3.ClH/c1-18(2)14-7-5-4-6-12(14)10-16(18)25-13-8-9-15(24-11-13)17(23-3)19(20,21)22;/h4-9,11,16-17,23,25H,10H2,1-3H3;1H. The first-order valence-electron chi connectivity index (χ1n) is 8.28. The molecule has 0 saturated heterocycles. The molecule has 3 nitrogen and oxygen atoms in total. The topological polar surface area (TPSA) is 37.0 Å². The van der Waals surface area contributed by atoms with Gasteiger partial charge in [0.05, 0.1) is 17.6 Å². The van der Waals surface area contributed by atoms with E-state index in [1.54, 1.807) is 6.07 Å². The average Bonchev–Trinajstić information content (AvgIpc) is 2.80. The third-order valence-corrected chi connectivity index (χ3v) is 5.05. The molecule has 26 heavy (non-hydrogen) atoms. The van der Waals surface area contributed by atoms with E-state index >= 15 is 0 Å². The lowest BCUT2D eigenvalue weighted by Gasteiger charge is -2.30. The van der Waals surface area contributed by atoms with Gasteiger partial charge in [-0.3, -0.25) is 4.98 Å². The van der Waals surface area contributed by atoms with Crippen LogP contribution in [0.4, 0.5) is 18.9 Å². The molecule has 1 aromatic heterocycles. The maximum atomic E-state index is 13.0. The fraction of sp³-hybridized carbons (Fsp3) is 0.421. The van der Waals surface area contributed by atoms with Gasteiger partial charge in [-0.05, 0) is 36.7 Å². The molecule has 2 unspecified atom stereocenters. The van der Waals surface area contributed by atoms with Crippen LogP contribution in [0.3, 0.4) is 0 Å². The minimum absolute atomic E-state index is 0. The highest BCUT2D eigenvalue weighted by Gasteiger charge is 2.41. The summed E-state index contributed by atoms with van der Waals surface area (Å²) in [6.07, 6.45) is -2.01. The second-order valence-electron chi connectivity index (χ2n) is 7.01. The summed E-state index contributed by atoms with van der Waals surface area (Å²) in [5.74, 6) is 0. The third-order valence-electron chi connectivity index (χ3n) is 5.05. The van der Waals surface area contributed by atoms with E-state index in [0.717, 1.165) is 12.1 Å². The lowest BCUT2D eigenvalue weighted by molar-refractivity contribution is -0.157. The van der Waals surface area contributed by atoms with E-state index in [4.69, 9.17) is 0 Å². The fourth-order valence-electron chi connectivity index (χ4n) is 3.56. The van der Waals surface area contributed by atoms with Crippen LogP contribution in [0.5, 0.6) is 0 Å².